The van der Waals surface area contributed by atoms with Crippen molar-refractivity contribution in [1.82, 2.24) is 19.8 Å². The Bertz CT molecular complexity index is 804. The first-order valence-electron chi connectivity index (χ1n) is 10.8. The molecule has 1 N–H and O–H groups in total. The lowest BCUT2D eigenvalue weighted by Crippen LogP contribution is -2.46. The van der Waals surface area contributed by atoms with E-state index in [-0.39, 0.29) is 5.91 Å². The van der Waals surface area contributed by atoms with Gasteiger partial charge < -0.3 is 10.2 Å². The van der Waals surface area contributed by atoms with Gasteiger partial charge in [0.1, 0.15) is 11.6 Å². The average molecular weight is 394 g/mol. The first kappa shape index (κ1) is 19.8. The van der Waals surface area contributed by atoms with Crippen molar-refractivity contribution in [1.29, 1.82) is 0 Å². The smallest absolute Gasteiger partial charge is 0.236 e. The van der Waals surface area contributed by atoms with Crippen molar-refractivity contribution in [3.8, 4) is 0 Å². The lowest BCUT2D eigenvalue weighted by atomic mass is 9.94. The fourth-order valence-corrected chi connectivity index (χ4v) is 4.31. The number of aromatic nitrogens is 2. The minimum absolute atomic E-state index is 0.288. The number of carbonyl (C=O) groups is 1. The summed E-state index contributed by atoms with van der Waals surface area (Å²) in [7, 11) is 0. The minimum atomic E-state index is 0.288. The summed E-state index contributed by atoms with van der Waals surface area (Å²) in [5, 5.41) is 3.28. The van der Waals surface area contributed by atoms with Crippen LogP contribution < -0.4 is 5.32 Å². The molecule has 2 aromatic heterocycles. The number of carbonyl (C=O) groups excluding carboxylic acids is 1. The number of rotatable bonds is 5. The average Bonchev–Trinajstić information content (AvgIpc) is 2.75. The van der Waals surface area contributed by atoms with Crippen molar-refractivity contribution < 1.29 is 4.79 Å². The fourth-order valence-electron chi connectivity index (χ4n) is 4.31. The number of hydrogen-bond donors (Lipinski definition) is 1. The molecule has 2 aliphatic rings. The molecule has 1 atom stereocenters. The van der Waals surface area contributed by atoms with Gasteiger partial charge in [-0.25, -0.2) is 9.97 Å². The van der Waals surface area contributed by atoms with Crippen molar-refractivity contribution >= 4 is 17.5 Å². The van der Waals surface area contributed by atoms with Crippen LogP contribution in [0.25, 0.3) is 0 Å². The number of piperidine rings is 2. The van der Waals surface area contributed by atoms with Gasteiger partial charge in [-0.3, -0.25) is 9.69 Å². The molecule has 4 heterocycles. The van der Waals surface area contributed by atoms with Crippen molar-refractivity contribution in [3.05, 3.63) is 48.3 Å². The van der Waals surface area contributed by atoms with E-state index in [9.17, 15) is 4.79 Å². The number of anilines is 2. The third-order valence-electron chi connectivity index (χ3n) is 6.11. The molecule has 0 aromatic carbocycles. The van der Waals surface area contributed by atoms with E-state index in [1.807, 2.05) is 30.3 Å². The monoisotopic (exact) mass is 393 g/mol. The van der Waals surface area contributed by atoms with Gasteiger partial charge in [0, 0.05) is 37.4 Å². The number of hydrogen-bond acceptors (Lipinski definition) is 5. The highest BCUT2D eigenvalue weighted by Gasteiger charge is 2.27. The lowest BCUT2D eigenvalue weighted by molar-refractivity contribution is -0.134. The number of nitrogens with one attached hydrogen (secondary N) is 1. The molecule has 154 valence electrons. The van der Waals surface area contributed by atoms with Crippen LogP contribution in [0.15, 0.2) is 42.6 Å². The summed E-state index contributed by atoms with van der Waals surface area (Å²) in [5.41, 5.74) is 1.09. The highest BCUT2D eigenvalue weighted by atomic mass is 16.2. The third kappa shape index (κ3) is 5.32. The Balaban J connectivity index is 1.35. The molecule has 2 saturated heterocycles. The van der Waals surface area contributed by atoms with E-state index in [1.165, 1.54) is 0 Å². The quantitative estimate of drug-likeness (QED) is 0.840. The highest BCUT2D eigenvalue weighted by molar-refractivity contribution is 5.78. The van der Waals surface area contributed by atoms with Crippen LogP contribution >= 0.6 is 0 Å². The zero-order valence-electron chi connectivity index (χ0n) is 17.3. The summed E-state index contributed by atoms with van der Waals surface area (Å²) < 4.78 is 0. The molecule has 0 aliphatic carbocycles. The lowest BCUT2D eigenvalue weighted by Gasteiger charge is -2.35. The first-order valence-corrected chi connectivity index (χ1v) is 10.8. The largest absolute Gasteiger partial charge is 0.342 e. The van der Waals surface area contributed by atoms with Crippen LogP contribution in [0.2, 0.25) is 0 Å². The van der Waals surface area contributed by atoms with E-state index in [2.05, 4.69) is 33.1 Å². The summed E-state index contributed by atoms with van der Waals surface area (Å²) >= 11 is 0. The van der Waals surface area contributed by atoms with Crippen LogP contribution in [-0.4, -0.2) is 58.4 Å². The molecule has 0 radical (unpaired) electrons. The minimum Gasteiger partial charge on any atom is -0.342 e. The molecule has 29 heavy (non-hydrogen) atoms. The third-order valence-corrected chi connectivity index (χ3v) is 6.11. The normalized spacial score (nSPS) is 21.1. The summed E-state index contributed by atoms with van der Waals surface area (Å²) in [6.45, 7) is 6.55. The van der Waals surface area contributed by atoms with E-state index >= 15 is 0 Å². The maximum atomic E-state index is 12.7. The van der Waals surface area contributed by atoms with Gasteiger partial charge in [0.15, 0.2) is 0 Å². The maximum absolute atomic E-state index is 12.7. The van der Waals surface area contributed by atoms with Crippen LogP contribution in [0.5, 0.6) is 0 Å². The highest BCUT2D eigenvalue weighted by Crippen LogP contribution is 2.27. The van der Waals surface area contributed by atoms with E-state index in [4.69, 9.17) is 4.98 Å². The van der Waals surface area contributed by atoms with Gasteiger partial charge in [-0.05, 0) is 62.4 Å². The maximum Gasteiger partial charge on any atom is 0.236 e. The van der Waals surface area contributed by atoms with Crippen LogP contribution in [0.1, 0.15) is 44.2 Å². The molecule has 1 amide bonds. The van der Waals surface area contributed by atoms with E-state index < -0.39 is 0 Å². The molecule has 0 bridgehead atoms. The molecular formula is C23H31N5O. The van der Waals surface area contributed by atoms with E-state index in [0.29, 0.717) is 12.5 Å². The molecule has 6 nitrogen and oxygen atoms in total. The Morgan fingerprint density at radius 3 is 2.69 bits per heavy atom. The molecule has 4 rings (SSSR count). The predicted octanol–water partition coefficient (Wildman–Crippen LogP) is 3.66. The molecule has 2 aromatic rings. The van der Waals surface area contributed by atoms with Crippen LogP contribution in [0, 0.1) is 5.92 Å². The summed E-state index contributed by atoms with van der Waals surface area (Å²) in [6.07, 6.45) is 6.26. The standard InChI is InChI=1S/C23H31N5O/c1-18-10-14-28(15-11-18)23(29)17-27-13-5-6-19(16-27)20-7-4-9-22(25-20)26-21-8-2-3-12-24-21/h2-4,7-9,12,18-19H,5-6,10-11,13-17H2,1H3,(H,24,25,26)/t19-/m1/s1. The van der Waals surface area contributed by atoms with Crippen molar-refractivity contribution in [2.75, 3.05) is 38.0 Å². The van der Waals surface area contributed by atoms with Gasteiger partial charge in [0.05, 0.1) is 6.54 Å². The Kier molecular flexibility index (Phi) is 6.39. The van der Waals surface area contributed by atoms with E-state index in [0.717, 1.165) is 75.1 Å². The SMILES string of the molecule is CC1CCN(C(=O)CN2CCC[C@@H](c3cccc(Nc4ccccn4)n3)C2)CC1. The Hall–Kier alpha value is -2.47. The summed E-state index contributed by atoms with van der Waals surface area (Å²) in [5.74, 6) is 3.01. The van der Waals surface area contributed by atoms with Gasteiger partial charge in [0.2, 0.25) is 5.91 Å². The van der Waals surface area contributed by atoms with Crippen molar-refractivity contribution in [2.45, 2.75) is 38.5 Å². The van der Waals surface area contributed by atoms with Crippen molar-refractivity contribution in [2.24, 2.45) is 5.92 Å². The fraction of sp³-hybridized carbons (Fsp3) is 0.522. The number of nitrogens with zero attached hydrogens (tertiary/aromatic N) is 4. The molecular weight excluding hydrogens is 362 g/mol. The molecule has 0 saturated carbocycles. The van der Waals surface area contributed by atoms with Gasteiger partial charge in [-0.2, -0.15) is 0 Å². The second kappa shape index (κ2) is 9.35. The van der Waals surface area contributed by atoms with Gasteiger partial charge >= 0.3 is 0 Å². The molecule has 0 spiro atoms. The molecule has 0 unspecified atom stereocenters. The number of amides is 1. The molecule has 2 aliphatic heterocycles. The van der Waals surface area contributed by atoms with Gasteiger partial charge in [0.25, 0.3) is 0 Å². The molecule has 6 heteroatoms. The van der Waals surface area contributed by atoms with Crippen LogP contribution in [-0.2, 0) is 4.79 Å². The Morgan fingerprint density at radius 2 is 1.90 bits per heavy atom. The zero-order valence-corrected chi connectivity index (χ0v) is 17.3. The second-order valence-corrected chi connectivity index (χ2v) is 8.43. The van der Waals surface area contributed by atoms with E-state index in [1.54, 1.807) is 6.20 Å². The Labute approximate surface area is 173 Å². The first-order chi connectivity index (χ1) is 14.2. The van der Waals surface area contributed by atoms with Gasteiger partial charge in [-0.15, -0.1) is 0 Å². The van der Waals surface area contributed by atoms with Crippen LogP contribution in [0.4, 0.5) is 11.6 Å². The zero-order chi connectivity index (χ0) is 20.1. The predicted molar refractivity (Wildman–Crippen MR) is 115 cm³/mol. The molecule has 2 fully saturated rings. The van der Waals surface area contributed by atoms with Crippen LogP contribution in [0.3, 0.4) is 0 Å². The second-order valence-electron chi connectivity index (χ2n) is 8.43. The van der Waals surface area contributed by atoms with Crippen molar-refractivity contribution in [3.63, 3.8) is 0 Å². The Morgan fingerprint density at radius 1 is 1.07 bits per heavy atom. The van der Waals surface area contributed by atoms with Gasteiger partial charge in [-0.1, -0.05) is 19.1 Å². The number of pyridine rings is 2. The topological polar surface area (TPSA) is 61.4 Å². The number of likely N-dealkylation sites (tertiary alicyclic amines) is 2. The summed E-state index contributed by atoms with van der Waals surface area (Å²) in [4.78, 5) is 26.2. The summed E-state index contributed by atoms with van der Waals surface area (Å²) in [6, 6.07) is 11.9.